The lowest BCUT2D eigenvalue weighted by molar-refractivity contribution is -0.138. The van der Waals surface area contributed by atoms with Crippen molar-refractivity contribution in [2.45, 2.75) is 12.6 Å². The van der Waals surface area contributed by atoms with E-state index in [0.29, 0.717) is 11.3 Å². The summed E-state index contributed by atoms with van der Waals surface area (Å²) in [6, 6.07) is 5.77. The van der Waals surface area contributed by atoms with Crippen LogP contribution in [0.4, 0.5) is 18.9 Å². The van der Waals surface area contributed by atoms with Gasteiger partial charge in [-0.25, -0.2) is 8.42 Å². The molecule has 0 aliphatic heterocycles. The van der Waals surface area contributed by atoms with E-state index in [9.17, 15) is 26.4 Å². The molecule has 20 heavy (non-hydrogen) atoms. The fourth-order valence-corrected chi connectivity index (χ4v) is 1.92. The van der Waals surface area contributed by atoms with Crippen LogP contribution in [-0.2, 0) is 21.2 Å². The van der Waals surface area contributed by atoms with E-state index in [0.717, 1.165) is 6.26 Å². The minimum atomic E-state index is -4.45. The van der Waals surface area contributed by atoms with E-state index in [2.05, 4.69) is 4.72 Å². The third-order valence-corrected chi connectivity index (χ3v) is 2.71. The Kier molecular flexibility index (Phi) is 4.98. The van der Waals surface area contributed by atoms with Gasteiger partial charge in [0.1, 0.15) is 6.54 Å². The molecule has 0 saturated heterocycles. The fraction of sp³-hybridized carbons (Fsp3) is 0.364. The van der Waals surface area contributed by atoms with Crippen molar-refractivity contribution in [3.8, 4) is 0 Å². The third kappa shape index (κ3) is 6.98. The number of sulfonamides is 1. The zero-order valence-electron chi connectivity index (χ0n) is 10.5. The van der Waals surface area contributed by atoms with Crippen molar-refractivity contribution < 1.29 is 26.4 Å². The molecule has 1 amide bonds. The van der Waals surface area contributed by atoms with Crippen LogP contribution in [0, 0.1) is 0 Å². The highest BCUT2D eigenvalue weighted by Crippen LogP contribution is 2.13. The molecule has 0 heterocycles. The molecule has 0 radical (unpaired) electrons. The van der Waals surface area contributed by atoms with E-state index in [1.54, 1.807) is 5.32 Å². The number of hydrogen-bond acceptors (Lipinski definition) is 3. The van der Waals surface area contributed by atoms with Crippen LogP contribution in [0.25, 0.3) is 0 Å². The quantitative estimate of drug-likeness (QED) is 0.860. The Balaban J connectivity index is 2.55. The Morgan fingerprint density at radius 1 is 1.20 bits per heavy atom. The van der Waals surface area contributed by atoms with Crippen molar-refractivity contribution in [1.82, 2.24) is 5.32 Å². The van der Waals surface area contributed by atoms with Gasteiger partial charge in [-0.15, -0.1) is 0 Å². The zero-order valence-corrected chi connectivity index (χ0v) is 11.3. The SMILES string of the molecule is CS(=O)(=O)Nc1ccc(CC(=O)NCC(F)(F)F)cc1. The molecule has 9 heteroatoms. The number of benzene rings is 1. The van der Waals surface area contributed by atoms with Gasteiger partial charge in [0.05, 0.1) is 12.7 Å². The minimum absolute atomic E-state index is 0.213. The first-order valence-corrected chi connectivity index (χ1v) is 7.34. The van der Waals surface area contributed by atoms with E-state index in [4.69, 9.17) is 0 Å². The van der Waals surface area contributed by atoms with Gasteiger partial charge in [0.15, 0.2) is 0 Å². The monoisotopic (exact) mass is 310 g/mol. The highest BCUT2D eigenvalue weighted by molar-refractivity contribution is 7.92. The van der Waals surface area contributed by atoms with Gasteiger partial charge < -0.3 is 5.32 Å². The van der Waals surface area contributed by atoms with Crippen LogP contribution in [0.2, 0.25) is 0 Å². The van der Waals surface area contributed by atoms with Gasteiger partial charge in [-0.2, -0.15) is 13.2 Å². The Hall–Kier alpha value is -1.77. The summed E-state index contributed by atoms with van der Waals surface area (Å²) >= 11 is 0. The molecular formula is C11H13F3N2O3S. The third-order valence-electron chi connectivity index (χ3n) is 2.11. The second-order valence-corrected chi connectivity index (χ2v) is 5.89. The van der Waals surface area contributed by atoms with Crippen molar-refractivity contribution in [2.24, 2.45) is 0 Å². The molecule has 0 bridgehead atoms. The van der Waals surface area contributed by atoms with Crippen LogP contribution in [0.1, 0.15) is 5.56 Å². The number of rotatable bonds is 5. The van der Waals surface area contributed by atoms with Crippen molar-refractivity contribution in [2.75, 3.05) is 17.5 Å². The lowest BCUT2D eigenvalue weighted by Crippen LogP contribution is -2.34. The number of alkyl halides is 3. The molecule has 112 valence electrons. The number of halogens is 3. The standard InChI is InChI=1S/C11H13F3N2O3S/c1-20(18,19)16-9-4-2-8(3-5-9)6-10(17)15-7-11(12,13)14/h2-5,16H,6-7H2,1H3,(H,15,17). The molecule has 2 N–H and O–H groups in total. The van der Waals surface area contributed by atoms with E-state index in [1.165, 1.54) is 24.3 Å². The smallest absolute Gasteiger partial charge is 0.347 e. The van der Waals surface area contributed by atoms with Gasteiger partial charge in [-0.3, -0.25) is 9.52 Å². The maximum absolute atomic E-state index is 11.9. The first-order valence-electron chi connectivity index (χ1n) is 5.45. The average molecular weight is 310 g/mol. The Morgan fingerprint density at radius 3 is 2.20 bits per heavy atom. The predicted molar refractivity (Wildman–Crippen MR) is 67.7 cm³/mol. The van der Waals surface area contributed by atoms with Gasteiger partial charge in [0, 0.05) is 5.69 Å². The van der Waals surface area contributed by atoms with Crippen LogP contribution < -0.4 is 10.0 Å². The lowest BCUT2D eigenvalue weighted by Gasteiger charge is -2.09. The summed E-state index contributed by atoms with van der Waals surface area (Å²) in [5.41, 5.74) is 0.788. The highest BCUT2D eigenvalue weighted by Gasteiger charge is 2.27. The van der Waals surface area contributed by atoms with Crippen LogP contribution in [0.15, 0.2) is 24.3 Å². The fourth-order valence-electron chi connectivity index (χ4n) is 1.35. The Labute approximate surface area is 114 Å². The topological polar surface area (TPSA) is 75.3 Å². The van der Waals surface area contributed by atoms with Crippen LogP contribution in [0.3, 0.4) is 0 Å². The number of carbonyl (C=O) groups excluding carboxylic acids is 1. The molecule has 0 aliphatic carbocycles. The molecule has 1 aromatic rings. The van der Waals surface area contributed by atoms with Gasteiger partial charge in [0.2, 0.25) is 15.9 Å². The van der Waals surface area contributed by atoms with E-state index in [-0.39, 0.29) is 6.42 Å². The first-order chi connectivity index (χ1) is 9.05. The molecule has 1 rings (SSSR count). The lowest BCUT2D eigenvalue weighted by atomic mass is 10.1. The summed E-state index contributed by atoms with van der Waals surface area (Å²) in [7, 11) is -3.39. The van der Waals surface area contributed by atoms with Crippen molar-refractivity contribution in [3.63, 3.8) is 0 Å². The predicted octanol–water partition coefficient (Wildman–Crippen LogP) is 1.28. The molecule has 0 fully saturated rings. The Morgan fingerprint density at radius 2 is 1.75 bits per heavy atom. The van der Waals surface area contributed by atoms with Gasteiger partial charge in [-0.05, 0) is 17.7 Å². The van der Waals surface area contributed by atoms with E-state index >= 15 is 0 Å². The summed E-state index contributed by atoms with van der Waals surface area (Å²) in [4.78, 5) is 11.3. The number of anilines is 1. The number of hydrogen-bond donors (Lipinski definition) is 2. The molecule has 0 aliphatic rings. The zero-order chi connectivity index (χ0) is 15.4. The molecule has 0 aromatic heterocycles. The van der Waals surface area contributed by atoms with Gasteiger partial charge >= 0.3 is 6.18 Å². The largest absolute Gasteiger partial charge is 0.405 e. The van der Waals surface area contributed by atoms with Crippen molar-refractivity contribution in [3.05, 3.63) is 29.8 Å². The number of carbonyl (C=O) groups is 1. The summed E-state index contributed by atoms with van der Waals surface area (Å²) in [6.07, 6.45) is -3.67. The van der Waals surface area contributed by atoms with Crippen molar-refractivity contribution >= 4 is 21.6 Å². The van der Waals surface area contributed by atoms with E-state index < -0.39 is 28.7 Å². The number of amides is 1. The molecule has 0 spiro atoms. The second kappa shape index (κ2) is 6.12. The summed E-state index contributed by atoms with van der Waals surface area (Å²) in [5.74, 6) is -0.758. The summed E-state index contributed by atoms with van der Waals surface area (Å²) in [6.45, 7) is -1.38. The van der Waals surface area contributed by atoms with Gasteiger partial charge in [0.25, 0.3) is 0 Å². The molecule has 0 atom stereocenters. The summed E-state index contributed by atoms with van der Waals surface area (Å²) < 4.78 is 59.8. The summed E-state index contributed by atoms with van der Waals surface area (Å²) in [5, 5.41) is 1.75. The maximum Gasteiger partial charge on any atom is 0.405 e. The molecule has 1 aromatic carbocycles. The van der Waals surface area contributed by atoms with Crippen LogP contribution in [0.5, 0.6) is 0 Å². The average Bonchev–Trinajstić information content (AvgIpc) is 2.26. The molecular weight excluding hydrogens is 297 g/mol. The Bertz CT molecular complexity index is 568. The minimum Gasteiger partial charge on any atom is -0.347 e. The van der Waals surface area contributed by atoms with Crippen LogP contribution >= 0.6 is 0 Å². The molecule has 0 saturated carbocycles. The maximum atomic E-state index is 11.9. The second-order valence-electron chi connectivity index (χ2n) is 4.14. The molecule has 0 unspecified atom stereocenters. The van der Waals surface area contributed by atoms with Gasteiger partial charge in [-0.1, -0.05) is 12.1 Å². The highest BCUT2D eigenvalue weighted by atomic mass is 32.2. The van der Waals surface area contributed by atoms with E-state index in [1.807, 2.05) is 0 Å². The van der Waals surface area contributed by atoms with Crippen LogP contribution in [-0.4, -0.2) is 33.3 Å². The molecule has 5 nitrogen and oxygen atoms in total. The first kappa shape index (κ1) is 16.3. The van der Waals surface area contributed by atoms with Crippen molar-refractivity contribution in [1.29, 1.82) is 0 Å². The normalized spacial score (nSPS) is 12.0. The number of nitrogens with one attached hydrogen (secondary N) is 2.